The van der Waals surface area contributed by atoms with E-state index in [-0.39, 0.29) is 0 Å². The van der Waals surface area contributed by atoms with Gasteiger partial charge in [-0.15, -0.1) is 0 Å². The van der Waals surface area contributed by atoms with Crippen molar-refractivity contribution in [3.05, 3.63) is 400 Å². The molecule has 0 fully saturated rings. The van der Waals surface area contributed by atoms with Crippen LogP contribution in [0.1, 0.15) is 0 Å². The van der Waals surface area contributed by atoms with E-state index in [1.54, 1.807) is 0 Å². The molecule has 0 saturated carbocycles. The topological polar surface area (TPSA) is 87.7 Å². The molecule has 22 aromatic rings. The molecule has 524 valence electrons. The van der Waals surface area contributed by atoms with Crippen molar-refractivity contribution in [2.45, 2.75) is 0 Å². The minimum Gasteiger partial charge on any atom is -0.452 e. The molecule has 0 saturated heterocycles. The number of hydrogen-bond donors (Lipinski definition) is 0. The van der Waals surface area contributed by atoms with Crippen molar-refractivity contribution in [2.75, 3.05) is 0 Å². The summed E-state index contributed by atoms with van der Waals surface area (Å²) >= 11 is 0. The molecular formula is C104H66N6O2. The molecule has 0 aliphatic rings. The van der Waals surface area contributed by atoms with Crippen LogP contribution < -0.4 is 0 Å². The first-order valence-electron chi connectivity index (χ1n) is 37.8. The summed E-state index contributed by atoms with van der Waals surface area (Å²) in [6.45, 7) is 0. The van der Waals surface area contributed by atoms with Crippen molar-refractivity contribution < 1.29 is 8.83 Å². The van der Waals surface area contributed by atoms with Gasteiger partial charge in [0.15, 0.2) is 22.8 Å². The maximum Gasteiger partial charge on any atom is 0.180 e. The van der Waals surface area contributed by atoms with E-state index < -0.39 is 0 Å². The minimum atomic E-state index is 0.660. The summed E-state index contributed by atoms with van der Waals surface area (Å²) < 4.78 is 18.2. The van der Waals surface area contributed by atoms with Crippen LogP contribution in [-0.2, 0) is 0 Å². The molecule has 0 unspecified atom stereocenters. The number of fused-ring (bicyclic) bond motifs is 12. The van der Waals surface area contributed by atoms with Gasteiger partial charge in [-0.1, -0.05) is 322 Å². The first kappa shape index (κ1) is 65.2. The van der Waals surface area contributed by atoms with Crippen molar-refractivity contribution >= 4 is 87.7 Å². The van der Waals surface area contributed by atoms with Crippen molar-refractivity contribution in [2.24, 2.45) is 0 Å². The molecule has 22 rings (SSSR count). The van der Waals surface area contributed by atoms with Crippen LogP contribution in [0.4, 0.5) is 0 Å². The predicted octanol–water partition coefficient (Wildman–Crippen LogP) is 27.6. The van der Waals surface area contributed by atoms with Crippen LogP contribution in [0, 0.1) is 0 Å². The number of rotatable bonds is 12. The Morgan fingerprint density at radius 3 is 1.01 bits per heavy atom. The summed E-state index contributed by atoms with van der Waals surface area (Å²) in [5, 5.41) is 6.87. The largest absolute Gasteiger partial charge is 0.452 e. The number of hydrogen-bond acceptors (Lipinski definition) is 6. The van der Waals surface area contributed by atoms with Gasteiger partial charge in [-0.05, 0) is 146 Å². The molecular weight excluding hydrogens is 1370 g/mol. The Kier molecular flexibility index (Phi) is 16.1. The van der Waals surface area contributed by atoms with Gasteiger partial charge < -0.3 is 18.0 Å². The first-order chi connectivity index (χ1) is 55.5. The molecule has 0 radical (unpaired) electrons. The number of furan rings is 2. The average molecular weight is 1430 g/mol. The average Bonchev–Trinajstić information content (AvgIpc) is 1.62. The van der Waals surface area contributed by atoms with E-state index in [9.17, 15) is 0 Å². The number of aromatic nitrogens is 6. The third-order valence-corrected chi connectivity index (χ3v) is 21.7. The molecule has 0 N–H and O–H groups in total. The van der Waals surface area contributed by atoms with Crippen LogP contribution in [0.15, 0.2) is 409 Å². The van der Waals surface area contributed by atoms with E-state index in [4.69, 9.17) is 28.8 Å². The number of benzene rings is 16. The first-order valence-corrected chi connectivity index (χ1v) is 37.8. The smallest absolute Gasteiger partial charge is 0.180 e. The molecule has 0 amide bonds. The molecule has 6 aromatic heterocycles. The van der Waals surface area contributed by atoms with Gasteiger partial charge in [0.05, 0.1) is 32.8 Å². The second kappa shape index (κ2) is 27.6. The second-order valence-electron chi connectivity index (χ2n) is 28.3. The lowest BCUT2D eigenvalue weighted by molar-refractivity contribution is 0.667. The lowest BCUT2D eigenvalue weighted by atomic mass is 9.94. The van der Waals surface area contributed by atoms with Crippen molar-refractivity contribution in [3.63, 3.8) is 0 Å². The molecule has 0 bridgehead atoms. The molecule has 0 spiro atoms. The molecule has 0 aliphatic carbocycles. The molecule has 0 atom stereocenters. The molecule has 112 heavy (non-hydrogen) atoms. The standard InChI is InChI=1S/2C52H33N3O/c1-4-15-34(16-5-1)35-29-31-36(32-30-35)49-51-50(54-52(53-49)37-17-6-2-7-18-37)48-42(25-14-28-46(48)56-51)39-20-12-19-38(33-39)41-24-13-27-45-47(41)43-23-10-11-26-44(43)55(45)40-21-8-3-9-22-40;1-4-14-34(15-5-1)35-26-28-36(29-27-35)49-51-50(54-52(53-49)37-16-6-2-7-17-37)48-42(23-13-25-47(48)56-51)40-19-12-18-38(32-40)39-30-31-46-44(33-39)43-22-10-11-24-45(43)55(46)41-20-8-3-9-21-41/h2*1-33H. The van der Waals surface area contributed by atoms with Gasteiger partial charge >= 0.3 is 0 Å². The summed E-state index contributed by atoms with van der Waals surface area (Å²) in [6.07, 6.45) is 0. The minimum absolute atomic E-state index is 0.660. The van der Waals surface area contributed by atoms with Crippen LogP contribution in [0.25, 0.3) is 211 Å². The second-order valence-corrected chi connectivity index (χ2v) is 28.3. The highest BCUT2D eigenvalue weighted by Gasteiger charge is 2.25. The molecule has 16 aromatic carbocycles. The molecule has 6 heterocycles. The fourth-order valence-corrected chi connectivity index (χ4v) is 16.4. The van der Waals surface area contributed by atoms with Gasteiger partial charge in [0, 0.05) is 55.2 Å². The lowest BCUT2D eigenvalue weighted by Crippen LogP contribution is -1.94. The highest BCUT2D eigenvalue weighted by atomic mass is 16.3. The van der Waals surface area contributed by atoms with E-state index in [1.807, 2.05) is 60.7 Å². The van der Waals surface area contributed by atoms with Gasteiger partial charge in [0.2, 0.25) is 0 Å². The predicted molar refractivity (Wildman–Crippen MR) is 462 cm³/mol. The number of nitrogens with zero attached hydrogens (tertiary/aromatic N) is 6. The third kappa shape index (κ3) is 11.5. The quantitative estimate of drug-likeness (QED) is 0.121. The Morgan fingerprint density at radius 2 is 0.518 bits per heavy atom. The lowest BCUT2D eigenvalue weighted by Gasteiger charge is -2.10. The summed E-state index contributed by atoms with van der Waals surface area (Å²) in [7, 11) is 0. The van der Waals surface area contributed by atoms with Crippen LogP contribution >= 0.6 is 0 Å². The van der Waals surface area contributed by atoms with E-state index in [2.05, 4.69) is 349 Å². The maximum absolute atomic E-state index is 6.74. The number of para-hydroxylation sites is 4. The zero-order chi connectivity index (χ0) is 74.0. The molecule has 8 nitrogen and oxygen atoms in total. The van der Waals surface area contributed by atoms with Crippen molar-refractivity contribution in [3.8, 4) is 123 Å². The van der Waals surface area contributed by atoms with Crippen molar-refractivity contribution in [1.29, 1.82) is 0 Å². The van der Waals surface area contributed by atoms with E-state index in [0.717, 1.165) is 128 Å². The maximum atomic E-state index is 6.74. The van der Waals surface area contributed by atoms with Gasteiger partial charge in [-0.25, -0.2) is 19.9 Å². The fourth-order valence-electron chi connectivity index (χ4n) is 16.4. The highest BCUT2D eigenvalue weighted by molar-refractivity contribution is 6.18. The normalized spacial score (nSPS) is 11.6. The van der Waals surface area contributed by atoms with Gasteiger partial charge in [-0.2, -0.15) is 0 Å². The van der Waals surface area contributed by atoms with Gasteiger partial charge in [0.25, 0.3) is 0 Å². The van der Waals surface area contributed by atoms with E-state index >= 15 is 0 Å². The Bertz CT molecular complexity index is 7320. The fraction of sp³-hybridized carbons (Fsp3) is 0. The van der Waals surface area contributed by atoms with Crippen LogP contribution in [0.5, 0.6) is 0 Å². The molecule has 0 aliphatic heterocycles. The van der Waals surface area contributed by atoms with E-state index in [1.165, 1.54) is 60.3 Å². The van der Waals surface area contributed by atoms with Crippen LogP contribution in [0.3, 0.4) is 0 Å². The van der Waals surface area contributed by atoms with E-state index in [0.29, 0.717) is 22.8 Å². The zero-order valence-corrected chi connectivity index (χ0v) is 60.6. The van der Waals surface area contributed by atoms with Gasteiger partial charge in [0.1, 0.15) is 33.6 Å². The van der Waals surface area contributed by atoms with Crippen LogP contribution in [-0.4, -0.2) is 29.1 Å². The SMILES string of the molecule is c1ccc(-c2ccc(-c3nc(-c4ccccc4)nc4c3oc3cccc(-c5cccc(-c6ccc7c(c6)c6ccccc6n7-c6ccccc6)c5)c34)cc2)cc1.c1ccc(-c2ccc(-c3nc(-c4ccccc4)nc4c3oc3cccc(-c5cccc(-c6cccc7c6c6ccccc6n7-c6ccccc6)c5)c34)cc2)cc1. The third-order valence-electron chi connectivity index (χ3n) is 21.7. The van der Waals surface area contributed by atoms with Gasteiger partial charge in [-0.3, -0.25) is 0 Å². The summed E-state index contributed by atoms with van der Waals surface area (Å²) in [6, 6.07) is 141. The Balaban J connectivity index is 0.000000141. The summed E-state index contributed by atoms with van der Waals surface area (Å²) in [5.41, 5.74) is 30.5. The zero-order valence-electron chi connectivity index (χ0n) is 60.6. The Hall–Kier alpha value is -15.1. The molecule has 8 heteroatoms. The highest BCUT2D eigenvalue weighted by Crippen LogP contribution is 2.46. The monoisotopic (exact) mass is 1430 g/mol. The summed E-state index contributed by atoms with van der Waals surface area (Å²) in [4.78, 5) is 20.8. The summed E-state index contributed by atoms with van der Waals surface area (Å²) in [5.74, 6) is 1.32. The Labute approximate surface area is 645 Å². The Morgan fingerprint density at radius 1 is 0.196 bits per heavy atom. The van der Waals surface area contributed by atoms with Crippen LogP contribution in [0.2, 0.25) is 0 Å². The van der Waals surface area contributed by atoms with Crippen molar-refractivity contribution in [1.82, 2.24) is 29.1 Å².